The first-order chi connectivity index (χ1) is 7.26. The molecule has 0 unspecified atom stereocenters. The molecule has 0 saturated carbocycles. The number of methoxy groups -OCH3 is 2. The second kappa shape index (κ2) is 9.89. The second-order valence-electron chi connectivity index (χ2n) is 3.14. The Morgan fingerprint density at radius 3 is 2.47 bits per heavy atom. The molecule has 0 aromatic carbocycles. The summed E-state index contributed by atoms with van der Waals surface area (Å²) in [6, 6.07) is 0. The fourth-order valence-electron chi connectivity index (χ4n) is 1.14. The number of likely N-dealkylation sites (N-methyl/N-ethyl adjacent to an activating group) is 1. The summed E-state index contributed by atoms with van der Waals surface area (Å²) in [7, 11) is 3.27. The van der Waals surface area contributed by atoms with Crippen molar-refractivity contribution in [2.45, 2.75) is 6.92 Å². The molecule has 0 aliphatic rings. The highest BCUT2D eigenvalue weighted by Crippen LogP contribution is 1.88. The van der Waals surface area contributed by atoms with Gasteiger partial charge in [0.2, 0.25) is 5.91 Å². The number of hydrogen-bond acceptors (Lipinski definition) is 4. The van der Waals surface area contributed by atoms with Crippen LogP contribution in [0.25, 0.3) is 0 Å². The lowest BCUT2D eigenvalue weighted by molar-refractivity contribution is -0.130. The minimum atomic E-state index is 0.102. The fraction of sp³-hybridized carbons (Fsp3) is 0.900. The summed E-state index contributed by atoms with van der Waals surface area (Å²) in [5, 5.41) is 3.02. The van der Waals surface area contributed by atoms with E-state index in [0.717, 1.165) is 0 Å². The van der Waals surface area contributed by atoms with Crippen molar-refractivity contribution >= 4 is 5.91 Å². The molecule has 1 N–H and O–H groups in total. The quantitative estimate of drug-likeness (QED) is 0.541. The summed E-state index contributed by atoms with van der Waals surface area (Å²) in [6.45, 7) is 5.59. The van der Waals surface area contributed by atoms with Crippen molar-refractivity contribution < 1.29 is 14.3 Å². The van der Waals surface area contributed by atoms with Gasteiger partial charge in [-0.2, -0.15) is 0 Å². The molecular formula is C10H22N2O3. The van der Waals surface area contributed by atoms with E-state index >= 15 is 0 Å². The van der Waals surface area contributed by atoms with Gasteiger partial charge in [0.25, 0.3) is 0 Å². The lowest BCUT2D eigenvalue weighted by atomic mass is 10.4. The van der Waals surface area contributed by atoms with Crippen LogP contribution in [0, 0.1) is 0 Å². The maximum Gasteiger partial charge on any atom is 0.236 e. The summed E-state index contributed by atoms with van der Waals surface area (Å²) in [4.78, 5) is 13.4. The molecule has 0 aliphatic heterocycles. The Balaban J connectivity index is 3.63. The average molecular weight is 218 g/mol. The van der Waals surface area contributed by atoms with Crippen LogP contribution in [0.5, 0.6) is 0 Å². The van der Waals surface area contributed by atoms with E-state index in [2.05, 4.69) is 5.32 Å². The van der Waals surface area contributed by atoms with Crippen LogP contribution in [0.4, 0.5) is 0 Å². The van der Waals surface area contributed by atoms with Gasteiger partial charge >= 0.3 is 0 Å². The maximum atomic E-state index is 11.6. The standard InChI is InChI=1S/C10H22N2O3/c1-4-12(6-8-15-3)10(13)9-11-5-7-14-2/h11H,4-9H2,1-3H3. The highest BCUT2D eigenvalue weighted by molar-refractivity contribution is 5.78. The number of hydrogen-bond donors (Lipinski definition) is 1. The van der Waals surface area contributed by atoms with Gasteiger partial charge in [-0.3, -0.25) is 4.79 Å². The van der Waals surface area contributed by atoms with Gasteiger partial charge in [0.1, 0.15) is 0 Å². The summed E-state index contributed by atoms with van der Waals surface area (Å²) in [5.74, 6) is 0.102. The van der Waals surface area contributed by atoms with Gasteiger partial charge in [0, 0.05) is 33.9 Å². The zero-order chi connectivity index (χ0) is 11.5. The fourth-order valence-corrected chi connectivity index (χ4v) is 1.14. The van der Waals surface area contributed by atoms with Crippen molar-refractivity contribution in [2.75, 3.05) is 53.6 Å². The van der Waals surface area contributed by atoms with Gasteiger partial charge in [-0.05, 0) is 6.92 Å². The third-order valence-corrected chi connectivity index (χ3v) is 2.06. The lowest BCUT2D eigenvalue weighted by Crippen LogP contribution is -2.40. The Labute approximate surface area is 91.7 Å². The SMILES string of the molecule is CCN(CCOC)C(=O)CNCCOC. The van der Waals surface area contributed by atoms with Crippen LogP contribution in [0.1, 0.15) is 6.92 Å². The second-order valence-corrected chi connectivity index (χ2v) is 3.14. The van der Waals surface area contributed by atoms with Gasteiger partial charge < -0.3 is 19.7 Å². The van der Waals surface area contributed by atoms with Crippen LogP contribution in [0.15, 0.2) is 0 Å². The Morgan fingerprint density at radius 2 is 1.93 bits per heavy atom. The van der Waals surface area contributed by atoms with E-state index < -0.39 is 0 Å². The molecule has 0 spiro atoms. The third-order valence-electron chi connectivity index (χ3n) is 2.06. The van der Waals surface area contributed by atoms with E-state index in [0.29, 0.717) is 39.4 Å². The zero-order valence-corrected chi connectivity index (χ0v) is 9.91. The minimum absolute atomic E-state index is 0.102. The summed E-state index contributed by atoms with van der Waals surface area (Å²) < 4.78 is 9.80. The van der Waals surface area contributed by atoms with E-state index in [-0.39, 0.29) is 5.91 Å². The van der Waals surface area contributed by atoms with E-state index in [4.69, 9.17) is 9.47 Å². The first kappa shape index (κ1) is 14.3. The topological polar surface area (TPSA) is 50.8 Å². The molecule has 0 aromatic rings. The van der Waals surface area contributed by atoms with E-state index in [1.807, 2.05) is 6.92 Å². The average Bonchev–Trinajstić information content (AvgIpc) is 2.25. The molecule has 0 saturated heterocycles. The molecule has 15 heavy (non-hydrogen) atoms. The number of carbonyl (C=O) groups is 1. The van der Waals surface area contributed by atoms with E-state index in [1.54, 1.807) is 19.1 Å². The Hall–Kier alpha value is -0.650. The molecular weight excluding hydrogens is 196 g/mol. The van der Waals surface area contributed by atoms with Crippen molar-refractivity contribution in [3.8, 4) is 0 Å². The molecule has 1 amide bonds. The highest BCUT2D eigenvalue weighted by Gasteiger charge is 2.09. The van der Waals surface area contributed by atoms with Crippen molar-refractivity contribution in [3.63, 3.8) is 0 Å². The summed E-state index contributed by atoms with van der Waals surface area (Å²) in [6.07, 6.45) is 0. The van der Waals surface area contributed by atoms with Gasteiger partial charge in [0.15, 0.2) is 0 Å². The number of carbonyl (C=O) groups excluding carboxylic acids is 1. The molecule has 0 fully saturated rings. The number of nitrogens with one attached hydrogen (secondary N) is 1. The van der Waals surface area contributed by atoms with Crippen molar-refractivity contribution in [1.82, 2.24) is 10.2 Å². The van der Waals surface area contributed by atoms with Crippen molar-refractivity contribution in [1.29, 1.82) is 0 Å². The summed E-state index contributed by atoms with van der Waals surface area (Å²) in [5.41, 5.74) is 0. The predicted octanol–water partition coefficient (Wildman–Crippen LogP) is -0.283. The van der Waals surface area contributed by atoms with Crippen LogP contribution in [-0.4, -0.2) is 64.4 Å². The minimum Gasteiger partial charge on any atom is -0.383 e. The monoisotopic (exact) mass is 218 g/mol. The van der Waals surface area contributed by atoms with E-state index in [9.17, 15) is 4.79 Å². The molecule has 0 atom stereocenters. The Bertz CT molecular complexity index is 165. The normalized spacial score (nSPS) is 10.3. The molecule has 0 aromatic heterocycles. The van der Waals surface area contributed by atoms with Crippen LogP contribution >= 0.6 is 0 Å². The van der Waals surface area contributed by atoms with Crippen LogP contribution in [0.3, 0.4) is 0 Å². The van der Waals surface area contributed by atoms with Crippen LogP contribution < -0.4 is 5.32 Å². The molecule has 0 heterocycles. The first-order valence-corrected chi connectivity index (χ1v) is 5.22. The van der Waals surface area contributed by atoms with Crippen LogP contribution in [-0.2, 0) is 14.3 Å². The molecule has 90 valence electrons. The zero-order valence-electron chi connectivity index (χ0n) is 9.91. The maximum absolute atomic E-state index is 11.6. The molecule has 0 aliphatic carbocycles. The van der Waals surface area contributed by atoms with Crippen molar-refractivity contribution in [3.05, 3.63) is 0 Å². The third kappa shape index (κ3) is 7.30. The highest BCUT2D eigenvalue weighted by atomic mass is 16.5. The van der Waals surface area contributed by atoms with E-state index in [1.165, 1.54) is 0 Å². The lowest BCUT2D eigenvalue weighted by Gasteiger charge is -2.20. The number of ether oxygens (including phenoxy) is 2. The van der Waals surface area contributed by atoms with Crippen molar-refractivity contribution in [2.24, 2.45) is 0 Å². The van der Waals surface area contributed by atoms with Gasteiger partial charge in [-0.25, -0.2) is 0 Å². The smallest absolute Gasteiger partial charge is 0.236 e. The summed E-state index contributed by atoms with van der Waals surface area (Å²) >= 11 is 0. The number of nitrogens with zero attached hydrogens (tertiary/aromatic N) is 1. The van der Waals surface area contributed by atoms with Gasteiger partial charge in [0.05, 0.1) is 19.8 Å². The largest absolute Gasteiger partial charge is 0.383 e. The number of rotatable bonds is 9. The molecule has 0 radical (unpaired) electrons. The molecule has 5 heteroatoms. The molecule has 0 rings (SSSR count). The number of amides is 1. The first-order valence-electron chi connectivity index (χ1n) is 5.22. The predicted molar refractivity (Wildman–Crippen MR) is 58.9 cm³/mol. The van der Waals surface area contributed by atoms with Crippen LogP contribution in [0.2, 0.25) is 0 Å². The van der Waals surface area contributed by atoms with Gasteiger partial charge in [-0.15, -0.1) is 0 Å². The Kier molecular flexibility index (Phi) is 9.46. The molecule has 0 bridgehead atoms. The Morgan fingerprint density at radius 1 is 1.27 bits per heavy atom. The van der Waals surface area contributed by atoms with Gasteiger partial charge in [-0.1, -0.05) is 0 Å². The molecule has 5 nitrogen and oxygen atoms in total.